The van der Waals surface area contributed by atoms with Gasteiger partial charge >= 0.3 is 6.36 Å². The predicted octanol–water partition coefficient (Wildman–Crippen LogP) is 6.21. The second-order valence-electron chi connectivity index (χ2n) is 7.72. The number of methoxy groups -OCH3 is 1. The number of benzene rings is 3. The summed E-state index contributed by atoms with van der Waals surface area (Å²) in [5.41, 5.74) is 4.75. The van der Waals surface area contributed by atoms with Crippen molar-refractivity contribution in [1.29, 1.82) is 0 Å². The van der Waals surface area contributed by atoms with Gasteiger partial charge in [-0.3, -0.25) is 4.79 Å². The Kier molecular flexibility index (Phi) is 6.61. The second kappa shape index (κ2) is 9.61. The molecule has 0 unspecified atom stereocenters. The summed E-state index contributed by atoms with van der Waals surface area (Å²) in [6, 6.07) is 16.6. The standard InChI is InChI=1S/C26H22F3NO4/c1-17-14-18(7-13-24(17)33-16-32-2)6-8-19-4-3-5-22-23(19)15-30(25(22)31)20-9-11-21(12-10-20)34-26(27,28)29/h3-14H,15-16H2,1-2H3/b8-6+. The Morgan fingerprint density at radius 1 is 1.03 bits per heavy atom. The van der Waals surface area contributed by atoms with Crippen LogP contribution in [0, 0.1) is 6.92 Å². The van der Waals surface area contributed by atoms with E-state index in [1.807, 2.05) is 49.4 Å². The van der Waals surface area contributed by atoms with Crippen molar-refractivity contribution in [2.24, 2.45) is 0 Å². The molecule has 8 heteroatoms. The SMILES string of the molecule is COCOc1ccc(/C=C/c2cccc3c2CN(c2ccc(OC(F)(F)F)cc2)C3=O)cc1C. The number of hydrogen-bond donors (Lipinski definition) is 0. The van der Waals surface area contributed by atoms with E-state index in [4.69, 9.17) is 9.47 Å². The molecule has 5 nitrogen and oxygen atoms in total. The van der Waals surface area contributed by atoms with Gasteiger partial charge in [-0.25, -0.2) is 0 Å². The number of hydrogen-bond acceptors (Lipinski definition) is 4. The molecule has 0 saturated carbocycles. The van der Waals surface area contributed by atoms with Crippen LogP contribution in [0.2, 0.25) is 0 Å². The zero-order valence-electron chi connectivity index (χ0n) is 18.6. The topological polar surface area (TPSA) is 48.0 Å². The molecule has 0 radical (unpaired) electrons. The number of rotatable bonds is 7. The fraction of sp³-hybridized carbons (Fsp3) is 0.192. The van der Waals surface area contributed by atoms with Gasteiger partial charge in [0.2, 0.25) is 0 Å². The zero-order chi connectivity index (χ0) is 24.3. The van der Waals surface area contributed by atoms with E-state index < -0.39 is 6.36 Å². The first kappa shape index (κ1) is 23.4. The van der Waals surface area contributed by atoms with Crippen LogP contribution in [0.15, 0.2) is 60.7 Å². The minimum atomic E-state index is -4.77. The first-order valence-corrected chi connectivity index (χ1v) is 10.5. The molecule has 1 heterocycles. The van der Waals surface area contributed by atoms with Crippen molar-refractivity contribution >= 4 is 23.7 Å². The van der Waals surface area contributed by atoms with E-state index in [9.17, 15) is 18.0 Å². The summed E-state index contributed by atoms with van der Waals surface area (Å²) in [6.45, 7) is 2.44. The van der Waals surface area contributed by atoms with E-state index >= 15 is 0 Å². The normalized spacial score (nSPS) is 13.4. The summed E-state index contributed by atoms with van der Waals surface area (Å²) in [4.78, 5) is 14.5. The number of aryl methyl sites for hydroxylation is 1. The average molecular weight is 469 g/mol. The Balaban J connectivity index is 1.53. The van der Waals surface area contributed by atoms with Crippen LogP contribution in [0.1, 0.15) is 32.6 Å². The van der Waals surface area contributed by atoms with Crippen LogP contribution >= 0.6 is 0 Å². The molecule has 34 heavy (non-hydrogen) atoms. The Bertz CT molecular complexity index is 1220. The van der Waals surface area contributed by atoms with Crippen LogP contribution in [-0.2, 0) is 11.3 Å². The number of alkyl halides is 3. The molecule has 0 spiro atoms. The van der Waals surface area contributed by atoms with Gasteiger partial charge in [0.25, 0.3) is 5.91 Å². The van der Waals surface area contributed by atoms with E-state index in [0.29, 0.717) is 17.8 Å². The van der Waals surface area contributed by atoms with Gasteiger partial charge in [-0.05, 0) is 71.6 Å². The molecule has 3 aromatic rings. The molecule has 0 N–H and O–H groups in total. The van der Waals surface area contributed by atoms with Gasteiger partial charge in [0, 0.05) is 18.4 Å². The van der Waals surface area contributed by atoms with Gasteiger partial charge in [0.1, 0.15) is 11.5 Å². The summed E-state index contributed by atoms with van der Waals surface area (Å²) >= 11 is 0. The molecule has 4 rings (SSSR count). The van der Waals surface area contributed by atoms with Crippen LogP contribution in [-0.4, -0.2) is 26.2 Å². The van der Waals surface area contributed by atoms with Crippen LogP contribution < -0.4 is 14.4 Å². The third-order valence-corrected chi connectivity index (χ3v) is 5.37. The lowest BCUT2D eigenvalue weighted by Gasteiger charge is -2.16. The molecule has 0 atom stereocenters. The van der Waals surface area contributed by atoms with Gasteiger partial charge in [-0.1, -0.05) is 30.4 Å². The number of halogens is 3. The molecular weight excluding hydrogens is 447 g/mol. The predicted molar refractivity (Wildman–Crippen MR) is 123 cm³/mol. The number of ether oxygens (including phenoxy) is 3. The molecule has 3 aromatic carbocycles. The molecule has 0 aromatic heterocycles. The van der Waals surface area contributed by atoms with E-state index in [-0.39, 0.29) is 18.4 Å². The average Bonchev–Trinajstić information content (AvgIpc) is 3.13. The maximum Gasteiger partial charge on any atom is 0.573 e. The third kappa shape index (κ3) is 5.23. The number of carbonyl (C=O) groups excluding carboxylic acids is 1. The summed E-state index contributed by atoms with van der Waals surface area (Å²) in [7, 11) is 1.56. The summed E-state index contributed by atoms with van der Waals surface area (Å²) in [5, 5.41) is 0. The zero-order valence-corrected chi connectivity index (χ0v) is 18.6. The number of carbonyl (C=O) groups is 1. The highest BCUT2D eigenvalue weighted by atomic mass is 19.4. The van der Waals surface area contributed by atoms with Gasteiger partial charge in [0.05, 0.1) is 6.54 Å². The third-order valence-electron chi connectivity index (χ3n) is 5.37. The van der Waals surface area contributed by atoms with E-state index in [0.717, 1.165) is 28.0 Å². The molecule has 1 aliphatic heterocycles. The van der Waals surface area contributed by atoms with Crippen LogP contribution in [0.25, 0.3) is 12.2 Å². The summed E-state index contributed by atoms with van der Waals surface area (Å²) in [5.74, 6) is 0.204. The maximum absolute atomic E-state index is 13.0. The highest BCUT2D eigenvalue weighted by molar-refractivity contribution is 6.10. The smallest absolute Gasteiger partial charge is 0.467 e. The number of anilines is 1. The Morgan fingerprint density at radius 3 is 2.47 bits per heavy atom. The Labute approximate surface area is 195 Å². The molecule has 1 aliphatic rings. The lowest BCUT2D eigenvalue weighted by molar-refractivity contribution is -0.274. The van der Waals surface area contributed by atoms with Crippen LogP contribution in [0.5, 0.6) is 11.5 Å². The molecule has 0 bridgehead atoms. The van der Waals surface area contributed by atoms with E-state index in [1.54, 1.807) is 13.2 Å². The van der Waals surface area contributed by atoms with Gasteiger partial charge in [0.15, 0.2) is 6.79 Å². The number of fused-ring (bicyclic) bond motifs is 1. The minimum Gasteiger partial charge on any atom is -0.467 e. The van der Waals surface area contributed by atoms with Crippen molar-refractivity contribution < 1.29 is 32.2 Å². The molecule has 176 valence electrons. The van der Waals surface area contributed by atoms with Crippen LogP contribution in [0.4, 0.5) is 18.9 Å². The fourth-order valence-electron chi connectivity index (χ4n) is 3.80. The van der Waals surface area contributed by atoms with Crippen molar-refractivity contribution in [2.45, 2.75) is 19.8 Å². The van der Waals surface area contributed by atoms with Crippen molar-refractivity contribution in [3.8, 4) is 11.5 Å². The van der Waals surface area contributed by atoms with Crippen molar-refractivity contribution in [3.05, 3.63) is 88.5 Å². The quantitative estimate of drug-likeness (QED) is 0.305. The largest absolute Gasteiger partial charge is 0.573 e. The first-order valence-electron chi connectivity index (χ1n) is 10.5. The molecule has 1 amide bonds. The Morgan fingerprint density at radius 2 is 1.79 bits per heavy atom. The Hall–Kier alpha value is -3.78. The fourth-order valence-corrected chi connectivity index (χ4v) is 3.80. The summed E-state index contributed by atoms with van der Waals surface area (Å²) in [6.07, 6.45) is -0.863. The maximum atomic E-state index is 13.0. The van der Waals surface area contributed by atoms with Gasteiger partial charge < -0.3 is 19.1 Å². The van der Waals surface area contributed by atoms with E-state index in [1.165, 1.54) is 29.2 Å². The second-order valence-corrected chi connectivity index (χ2v) is 7.72. The number of nitrogens with zero attached hydrogens (tertiary/aromatic N) is 1. The van der Waals surface area contributed by atoms with Gasteiger partial charge in [-0.2, -0.15) is 0 Å². The lowest BCUT2D eigenvalue weighted by Crippen LogP contribution is -2.23. The molecule has 0 saturated heterocycles. The lowest BCUT2D eigenvalue weighted by atomic mass is 10.0. The minimum absolute atomic E-state index is 0.175. The monoisotopic (exact) mass is 469 g/mol. The molecular formula is C26H22F3NO4. The summed E-state index contributed by atoms with van der Waals surface area (Å²) < 4.78 is 51.6. The molecule has 0 aliphatic carbocycles. The van der Waals surface area contributed by atoms with Crippen molar-refractivity contribution in [2.75, 3.05) is 18.8 Å². The number of amides is 1. The van der Waals surface area contributed by atoms with Crippen LogP contribution in [0.3, 0.4) is 0 Å². The van der Waals surface area contributed by atoms with Gasteiger partial charge in [-0.15, -0.1) is 13.2 Å². The first-order chi connectivity index (χ1) is 16.2. The van der Waals surface area contributed by atoms with Crippen molar-refractivity contribution in [1.82, 2.24) is 0 Å². The van der Waals surface area contributed by atoms with Crippen molar-refractivity contribution in [3.63, 3.8) is 0 Å². The highest BCUT2D eigenvalue weighted by Gasteiger charge is 2.32. The van der Waals surface area contributed by atoms with E-state index in [2.05, 4.69) is 4.74 Å². The molecule has 0 fully saturated rings. The highest BCUT2D eigenvalue weighted by Crippen LogP contribution is 2.33.